The van der Waals surface area contributed by atoms with Gasteiger partial charge >= 0.3 is 0 Å². The number of aromatic nitrogens is 3. The Morgan fingerprint density at radius 3 is 2.57 bits per heavy atom. The van der Waals surface area contributed by atoms with Crippen molar-refractivity contribution in [3.05, 3.63) is 112 Å². The standard InChI is InChI=1S/C27H26N6O3S/c1-17-14-21(18(2)32(17)23-8-7-20(36-3)15-24(23)33(34)35)26-25(22-6-4-5-11-29-22)30-27(37)31(26)16-19-9-12-28-13-10-19/h4-15,25-26H,16H2,1-3H3,(H,30,37)/t25-,26+/m1/s1. The number of rotatable bonds is 7. The molecule has 0 radical (unpaired) electrons. The maximum atomic E-state index is 12.0. The number of pyridine rings is 2. The minimum Gasteiger partial charge on any atom is -0.496 e. The van der Waals surface area contributed by atoms with Crippen molar-refractivity contribution < 1.29 is 9.66 Å². The number of methoxy groups -OCH3 is 1. The van der Waals surface area contributed by atoms with Crippen molar-refractivity contribution in [3.63, 3.8) is 0 Å². The van der Waals surface area contributed by atoms with E-state index in [0.29, 0.717) is 23.1 Å². The summed E-state index contributed by atoms with van der Waals surface area (Å²) in [6, 6.07) is 16.4. The third-order valence-corrected chi connectivity index (χ3v) is 7.06. The van der Waals surface area contributed by atoms with E-state index in [2.05, 4.69) is 26.3 Å². The fraction of sp³-hybridized carbons (Fsp3) is 0.222. The van der Waals surface area contributed by atoms with E-state index in [4.69, 9.17) is 17.0 Å². The predicted octanol–water partition coefficient (Wildman–Crippen LogP) is 4.97. The van der Waals surface area contributed by atoms with Crippen LogP contribution in [0.15, 0.2) is 73.2 Å². The van der Waals surface area contributed by atoms with Gasteiger partial charge in [-0.15, -0.1) is 0 Å². The predicted molar refractivity (Wildman–Crippen MR) is 144 cm³/mol. The second kappa shape index (κ2) is 9.98. The van der Waals surface area contributed by atoms with Gasteiger partial charge in [0.25, 0.3) is 5.69 Å². The average molecular weight is 515 g/mol. The van der Waals surface area contributed by atoms with Crippen LogP contribution in [0.5, 0.6) is 5.75 Å². The number of nitrogens with one attached hydrogen (secondary N) is 1. The fourth-order valence-electron chi connectivity index (χ4n) is 5.02. The van der Waals surface area contributed by atoms with E-state index in [1.54, 1.807) is 30.7 Å². The van der Waals surface area contributed by atoms with Crippen molar-refractivity contribution in [1.29, 1.82) is 0 Å². The second-order valence-corrected chi connectivity index (χ2v) is 9.27. The van der Waals surface area contributed by atoms with Gasteiger partial charge < -0.3 is 19.5 Å². The number of benzene rings is 1. The summed E-state index contributed by atoms with van der Waals surface area (Å²) in [5, 5.41) is 16.1. The molecule has 1 fully saturated rings. The lowest BCUT2D eigenvalue weighted by molar-refractivity contribution is -0.384. The molecule has 3 aromatic heterocycles. The van der Waals surface area contributed by atoms with Crippen molar-refractivity contribution in [2.24, 2.45) is 0 Å². The maximum absolute atomic E-state index is 12.0. The molecule has 1 saturated heterocycles. The Balaban J connectivity index is 1.65. The first-order valence-corrected chi connectivity index (χ1v) is 12.2. The van der Waals surface area contributed by atoms with Crippen LogP contribution in [0.3, 0.4) is 0 Å². The molecule has 1 aliphatic heterocycles. The monoisotopic (exact) mass is 514 g/mol. The molecule has 188 valence electrons. The molecule has 4 heterocycles. The van der Waals surface area contributed by atoms with Gasteiger partial charge in [-0.2, -0.15) is 0 Å². The van der Waals surface area contributed by atoms with Gasteiger partial charge in [-0.1, -0.05) is 6.07 Å². The third-order valence-electron chi connectivity index (χ3n) is 6.71. The highest BCUT2D eigenvalue weighted by molar-refractivity contribution is 7.80. The molecule has 0 spiro atoms. The molecule has 37 heavy (non-hydrogen) atoms. The van der Waals surface area contributed by atoms with Crippen LogP contribution in [0, 0.1) is 24.0 Å². The average Bonchev–Trinajstić information content (AvgIpc) is 3.39. The summed E-state index contributed by atoms with van der Waals surface area (Å²) < 4.78 is 7.16. The lowest BCUT2D eigenvalue weighted by atomic mass is 9.96. The van der Waals surface area contributed by atoms with E-state index < -0.39 is 0 Å². The van der Waals surface area contributed by atoms with E-state index in [0.717, 1.165) is 28.2 Å². The Bertz CT molecular complexity index is 1460. The molecular weight excluding hydrogens is 488 g/mol. The molecule has 0 saturated carbocycles. The van der Waals surface area contributed by atoms with Gasteiger partial charge in [-0.3, -0.25) is 20.1 Å². The van der Waals surface area contributed by atoms with Crippen LogP contribution < -0.4 is 10.1 Å². The summed E-state index contributed by atoms with van der Waals surface area (Å²) in [4.78, 5) is 22.5. The Kier molecular flexibility index (Phi) is 6.58. The van der Waals surface area contributed by atoms with Crippen LogP contribution in [0.1, 0.15) is 40.3 Å². The van der Waals surface area contributed by atoms with Gasteiger partial charge in [-0.25, -0.2) is 0 Å². The molecule has 0 unspecified atom stereocenters. The molecule has 10 heteroatoms. The lowest BCUT2D eigenvalue weighted by Gasteiger charge is -2.28. The number of nitro benzene ring substituents is 1. The number of nitrogens with zero attached hydrogens (tertiary/aromatic N) is 5. The summed E-state index contributed by atoms with van der Waals surface area (Å²) in [6.07, 6.45) is 5.30. The normalized spacial score (nSPS) is 17.1. The Morgan fingerprint density at radius 2 is 1.89 bits per heavy atom. The summed E-state index contributed by atoms with van der Waals surface area (Å²) in [5.41, 5.74) is 5.18. The molecule has 0 aliphatic carbocycles. The number of nitro groups is 1. The maximum Gasteiger partial charge on any atom is 0.296 e. The zero-order chi connectivity index (χ0) is 26.1. The smallest absolute Gasteiger partial charge is 0.296 e. The molecule has 5 rings (SSSR count). The Hall–Kier alpha value is -4.31. The van der Waals surface area contributed by atoms with E-state index in [1.807, 2.05) is 48.7 Å². The SMILES string of the molecule is COc1ccc(-n2c(C)cc([C@H]3[C@@H](c4ccccn4)NC(=S)N3Cc3ccncc3)c2C)c([N+](=O)[O-])c1. The van der Waals surface area contributed by atoms with Crippen molar-refractivity contribution >= 4 is 23.0 Å². The zero-order valence-electron chi connectivity index (χ0n) is 20.7. The molecule has 0 bridgehead atoms. The number of hydrogen-bond donors (Lipinski definition) is 1. The minimum atomic E-state index is -0.380. The van der Waals surface area contributed by atoms with E-state index in [-0.39, 0.29) is 22.7 Å². The van der Waals surface area contributed by atoms with E-state index in [1.165, 1.54) is 13.2 Å². The van der Waals surface area contributed by atoms with Gasteiger partial charge in [-0.05, 0) is 79.7 Å². The molecule has 2 atom stereocenters. The number of thiocarbonyl (C=S) groups is 1. The van der Waals surface area contributed by atoms with Gasteiger partial charge in [0, 0.05) is 36.5 Å². The topological polar surface area (TPSA) is 98.3 Å². The first-order chi connectivity index (χ1) is 17.9. The summed E-state index contributed by atoms with van der Waals surface area (Å²) in [5.74, 6) is 0.433. The van der Waals surface area contributed by atoms with Gasteiger partial charge in [0.2, 0.25) is 0 Å². The van der Waals surface area contributed by atoms with E-state index >= 15 is 0 Å². The van der Waals surface area contributed by atoms with Crippen molar-refractivity contribution in [2.45, 2.75) is 32.5 Å². The summed E-state index contributed by atoms with van der Waals surface area (Å²) in [7, 11) is 1.49. The first-order valence-electron chi connectivity index (χ1n) is 11.8. The molecule has 4 aromatic rings. The highest BCUT2D eigenvalue weighted by Crippen LogP contribution is 2.43. The third kappa shape index (κ3) is 4.51. The van der Waals surface area contributed by atoms with Gasteiger partial charge in [0.05, 0.1) is 35.9 Å². The van der Waals surface area contributed by atoms with Crippen LogP contribution in [0.4, 0.5) is 5.69 Å². The first kappa shape index (κ1) is 24.4. The van der Waals surface area contributed by atoms with Crippen LogP contribution in [0.25, 0.3) is 5.69 Å². The molecular formula is C27H26N6O3S. The molecule has 1 aliphatic rings. The minimum absolute atomic E-state index is 0.0253. The van der Waals surface area contributed by atoms with Crippen LogP contribution in [-0.2, 0) is 6.54 Å². The van der Waals surface area contributed by atoms with Crippen LogP contribution >= 0.6 is 12.2 Å². The second-order valence-electron chi connectivity index (χ2n) is 8.88. The van der Waals surface area contributed by atoms with Crippen LogP contribution in [-0.4, -0.2) is 36.6 Å². The highest BCUT2D eigenvalue weighted by Gasteiger charge is 2.41. The Morgan fingerprint density at radius 1 is 1.11 bits per heavy atom. The van der Waals surface area contributed by atoms with E-state index in [9.17, 15) is 10.1 Å². The molecule has 0 amide bonds. The van der Waals surface area contributed by atoms with Gasteiger partial charge in [0.1, 0.15) is 11.4 Å². The zero-order valence-corrected chi connectivity index (χ0v) is 21.5. The quantitative estimate of drug-likeness (QED) is 0.210. The summed E-state index contributed by atoms with van der Waals surface area (Å²) in [6.45, 7) is 4.51. The highest BCUT2D eigenvalue weighted by atomic mass is 32.1. The number of aryl methyl sites for hydroxylation is 1. The number of ether oxygens (including phenoxy) is 1. The van der Waals surface area contributed by atoms with Gasteiger partial charge in [0.15, 0.2) is 5.11 Å². The lowest BCUT2D eigenvalue weighted by Crippen LogP contribution is -2.29. The van der Waals surface area contributed by atoms with Crippen LogP contribution in [0.2, 0.25) is 0 Å². The molecule has 1 aromatic carbocycles. The summed E-state index contributed by atoms with van der Waals surface area (Å²) >= 11 is 5.81. The van der Waals surface area contributed by atoms with Crippen molar-refractivity contribution in [1.82, 2.24) is 24.8 Å². The number of hydrogen-bond acceptors (Lipinski definition) is 6. The van der Waals surface area contributed by atoms with Crippen molar-refractivity contribution in [3.8, 4) is 11.4 Å². The Labute approximate surface area is 219 Å². The molecule has 9 nitrogen and oxygen atoms in total. The molecule has 1 N–H and O–H groups in total. The fourth-order valence-corrected chi connectivity index (χ4v) is 5.33. The van der Waals surface area contributed by atoms with Crippen molar-refractivity contribution in [2.75, 3.05) is 7.11 Å². The largest absolute Gasteiger partial charge is 0.496 e.